The Hall–Kier alpha value is -1.97. The minimum absolute atomic E-state index is 0.0276. The molecule has 3 rings (SSSR count). The molecule has 2 aliphatic heterocycles. The largest absolute Gasteiger partial charge is 0.494 e. The van der Waals surface area contributed by atoms with Crippen molar-refractivity contribution in [1.82, 2.24) is 9.13 Å². The van der Waals surface area contributed by atoms with Crippen LogP contribution < -0.4 is 11.2 Å². The van der Waals surface area contributed by atoms with Crippen LogP contribution in [0.1, 0.15) is 19.4 Å². The van der Waals surface area contributed by atoms with Crippen LogP contribution in [0.4, 0.5) is 0 Å². The van der Waals surface area contributed by atoms with Gasteiger partial charge in [0.15, 0.2) is 6.29 Å². The van der Waals surface area contributed by atoms with Crippen molar-refractivity contribution in [2.75, 3.05) is 13.2 Å². The maximum absolute atomic E-state index is 12.2. The van der Waals surface area contributed by atoms with Crippen molar-refractivity contribution < 1.29 is 19.3 Å². The van der Waals surface area contributed by atoms with Gasteiger partial charge < -0.3 is 19.3 Å². The van der Waals surface area contributed by atoms with E-state index in [0.717, 1.165) is 9.13 Å². The molecule has 0 bridgehead atoms. The van der Waals surface area contributed by atoms with E-state index >= 15 is 0 Å². The molecule has 9 nitrogen and oxygen atoms in total. The summed E-state index contributed by atoms with van der Waals surface area (Å²) in [6.07, 6.45) is 0.743. The molecule has 138 valence electrons. The Labute approximate surface area is 144 Å². The molecule has 1 N–H and O–H groups in total. The number of aromatic hydroxyl groups is 1. The first-order chi connectivity index (χ1) is 11.8. The highest BCUT2D eigenvalue weighted by atomic mass is 16.7. The first-order valence-electron chi connectivity index (χ1n) is 8.22. The zero-order chi connectivity index (χ0) is 18.3. The van der Waals surface area contributed by atoms with Crippen LogP contribution in [-0.4, -0.2) is 58.2 Å². The Morgan fingerprint density at radius 3 is 2.60 bits per heavy atom. The van der Waals surface area contributed by atoms with Crippen LogP contribution in [0.25, 0.3) is 0 Å². The molecule has 0 aliphatic carbocycles. The van der Waals surface area contributed by atoms with Crippen LogP contribution in [0.5, 0.6) is 5.88 Å². The van der Waals surface area contributed by atoms with E-state index in [1.165, 1.54) is 20.3 Å². The fourth-order valence-corrected chi connectivity index (χ4v) is 3.19. The predicted molar refractivity (Wildman–Crippen MR) is 89.2 cm³/mol. The molecular weight excluding hydrogens is 330 g/mol. The smallest absolute Gasteiger partial charge is 0.333 e. The van der Waals surface area contributed by atoms with Gasteiger partial charge in [0.1, 0.15) is 11.7 Å². The maximum atomic E-state index is 12.2. The number of rotatable bonds is 2. The molecule has 0 amide bonds. The molecule has 0 aromatic carbocycles. The molecule has 3 heterocycles. The molecule has 1 aromatic heterocycles. The normalized spacial score (nSPS) is 32.7. The molecule has 0 radical (unpaired) electrons. The van der Waals surface area contributed by atoms with Gasteiger partial charge in [0, 0.05) is 26.2 Å². The molecular formula is C16H23N3O6. The van der Waals surface area contributed by atoms with Gasteiger partial charge in [-0.2, -0.15) is 0 Å². The monoisotopic (exact) mass is 353 g/mol. The molecule has 25 heavy (non-hydrogen) atoms. The Bertz CT molecular complexity index is 798. The van der Waals surface area contributed by atoms with E-state index in [1.54, 1.807) is 0 Å². The Balaban J connectivity index is 1.86. The van der Waals surface area contributed by atoms with Crippen LogP contribution in [0.15, 0.2) is 14.6 Å². The van der Waals surface area contributed by atoms with E-state index in [9.17, 15) is 14.7 Å². The summed E-state index contributed by atoms with van der Waals surface area (Å²) in [7, 11) is 2.75. The molecule has 2 aliphatic rings. The zero-order valence-corrected chi connectivity index (χ0v) is 14.7. The van der Waals surface area contributed by atoms with Gasteiger partial charge >= 0.3 is 5.69 Å². The number of ether oxygens (including phenoxy) is 3. The van der Waals surface area contributed by atoms with E-state index in [1.807, 2.05) is 13.8 Å². The Morgan fingerprint density at radius 2 is 1.88 bits per heavy atom. The first kappa shape index (κ1) is 17.8. The van der Waals surface area contributed by atoms with E-state index < -0.39 is 17.1 Å². The van der Waals surface area contributed by atoms with Crippen molar-refractivity contribution in [3.8, 4) is 5.88 Å². The fourth-order valence-electron chi connectivity index (χ4n) is 3.19. The molecule has 5 atom stereocenters. The second-order valence-corrected chi connectivity index (χ2v) is 6.52. The van der Waals surface area contributed by atoms with Crippen molar-refractivity contribution >= 4 is 6.21 Å². The van der Waals surface area contributed by atoms with E-state index in [-0.39, 0.29) is 36.0 Å². The third kappa shape index (κ3) is 3.14. The van der Waals surface area contributed by atoms with E-state index in [2.05, 4.69) is 4.99 Å². The summed E-state index contributed by atoms with van der Waals surface area (Å²) in [5.41, 5.74) is -1.22. The van der Waals surface area contributed by atoms with Crippen molar-refractivity contribution in [2.24, 2.45) is 25.0 Å². The fraction of sp³-hybridized carbons (Fsp3) is 0.688. The lowest BCUT2D eigenvalue weighted by molar-refractivity contribution is -0.281. The van der Waals surface area contributed by atoms with Crippen molar-refractivity contribution in [3.05, 3.63) is 26.4 Å². The lowest BCUT2D eigenvalue weighted by Gasteiger charge is -2.43. The maximum Gasteiger partial charge on any atom is 0.333 e. The zero-order valence-electron chi connectivity index (χ0n) is 14.7. The Morgan fingerprint density at radius 1 is 1.16 bits per heavy atom. The minimum Gasteiger partial charge on any atom is -0.494 e. The summed E-state index contributed by atoms with van der Waals surface area (Å²) in [6, 6.07) is -0.229. The van der Waals surface area contributed by atoms with E-state index in [0.29, 0.717) is 13.2 Å². The third-order valence-corrected chi connectivity index (χ3v) is 4.88. The second-order valence-electron chi connectivity index (χ2n) is 6.52. The van der Waals surface area contributed by atoms with Crippen molar-refractivity contribution in [1.29, 1.82) is 0 Å². The van der Waals surface area contributed by atoms with Crippen LogP contribution >= 0.6 is 0 Å². The summed E-state index contributed by atoms with van der Waals surface area (Å²) in [5.74, 6) is -0.352. The van der Waals surface area contributed by atoms with Crippen molar-refractivity contribution in [2.45, 2.75) is 38.4 Å². The van der Waals surface area contributed by atoms with Gasteiger partial charge in [0.05, 0.1) is 25.4 Å². The quantitative estimate of drug-likeness (QED) is 0.710. The standard InChI is InChI=1S/C16H23N3O6/c1-8-11(6-24-12-7-23-9(2)25-13(8)12)17-5-10-14(20)18(3)16(22)19(4)15(10)21/h5,8-9,11-13,20H,6-7H2,1-4H3/t8-,9?,11?,12?,13+/m1/s1. The lowest BCUT2D eigenvalue weighted by Crippen LogP contribution is -2.55. The van der Waals surface area contributed by atoms with Gasteiger partial charge in [-0.1, -0.05) is 6.92 Å². The predicted octanol–water partition coefficient (Wildman–Crippen LogP) is -0.627. The summed E-state index contributed by atoms with van der Waals surface area (Å²) in [4.78, 5) is 28.4. The summed E-state index contributed by atoms with van der Waals surface area (Å²) in [6.45, 7) is 4.70. The van der Waals surface area contributed by atoms with Gasteiger partial charge in [0.2, 0.25) is 5.88 Å². The highest BCUT2D eigenvalue weighted by Gasteiger charge is 2.42. The summed E-state index contributed by atoms with van der Waals surface area (Å²) < 4.78 is 18.9. The van der Waals surface area contributed by atoms with Crippen molar-refractivity contribution in [3.63, 3.8) is 0 Å². The summed E-state index contributed by atoms with van der Waals surface area (Å²) in [5, 5.41) is 10.1. The molecule has 2 fully saturated rings. The molecule has 0 saturated carbocycles. The number of fused-ring (bicyclic) bond motifs is 1. The summed E-state index contributed by atoms with van der Waals surface area (Å²) >= 11 is 0. The van der Waals surface area contributed by atoms with Gasteiger partial charge in [-0.05, 0) is 6.92 Å². The van der Waals surface area contributed by atoms with Crippen LogP contribution in [0.2, 0.25) is 0 Å². The average Bonchev–Trinajstić information content (AvgIpc) is 2.60. The van der Waals surface area contributed by atoms with Crippen LogP contribution in [0.3, 0.4) is 0 Å². The van der Waals surface area contributed by atoms with E-state index in [4.69, 9.17) is 14.2 Å². The van der Waals surface area contributed by atoms with Crippen LogP contribution in [-0.2, 0) is 28.3 Å². The van der Waals surface area contributed by atoms with Gasteiger partial charge in [-0.25, -0.2) is 4.79 Å². The van der Waals surface area contributed by atoms with Gasteiger partial charge in [-0.3, -0.25) is 18.9 Å². The SMILES string of the molecule is CC1OCC2OCC(N=Cc3c(O)n(C)c(=O)n(C)c3=O)[C@@H](C)[C@@H]2O1. The number of hydrogen-bond acceptors (Lipinski definition) is 7. The highest BCUT2D eigenvalue weighted by molar-refractivity contribution is 5.82. The van der Waals surface area contributed by atoms with Crippen LogP contribution in [0, 0.1) is 5.92 Å². The minimum atomic E-state index is -0.596. The average molecular weight is 353 g/mol. The Kier molecular flexibility index (Phi) is 4.81. The molecule has 2 saturated heterocycles. The number of nitrogens with zero attached hydrogens (tertiary/aromatic N) is 3. The number of hydrogen-bond donors (Lipinski definition) is 1. The number of aliphatic imine (C=N–C) groups is 1. The molecule has 3 unspecified atom stereocenters. The van der Waals surface area contributed by atoms with Gasteiger partial charge in [-0.15, -0.1) is 0 Å². The van der Waals surface area contributed by atoms with Gasteiger partial charge in [0.25, 0.3) is 5.56 Å². The number of aromatic nitrogens is 2. The second kappa shape index (κ2) is 6.74. The topological polar surface area (TPSA) is 104 Å². The molecule has 0 spiro atoms. The molecule has 9 heteroatoms. The lowest BCUT2D eigenvalue weighted by atomic mass is 9.89. The first-order valence-corrected chi connectivity index (χ1v) is 8.22. The highest BCUT2D eigenvalue weighted by Crippen LogP contribution is 2.30. The third-order valence-electron chi connectivity index (χ3n) is 4.88. The molecule has 1 aromatic rings.